The summed E-state index contributed by atoms with van der Waals surface area (Å²) < 4.78 is 14.1. The van der Waals surface area contributed by atoms with E-state index in [-0.39, 0.29) is 17.5 Å². The van der Waals surface area contributed by atoms with Crippen LogP contribution in [0.15, 0.2) is 152 Å². The molecule has 0 bridgehead atoms. The molecule has 0 spiro atoms. The molecule has 0 saturated carbocycles. The summed E-state index contributed by atoms with van der Waals surface area (Å²) in [6.07, 6.45) is 0. The Morgan fingerprint density at radius 1 is 0.377 bits per heavy atom. The van der Waals surface area contributed by atoms with E-state index in [1.807, 2.05) is 0 Å². The van der Waals surface area contributed by atoms with Gasteiger partial charge in [-0.3, -0.25) is 0 Å². The van der Waals surface area contributed by atoms with E-state index in [0.717, 1.165) is 50.8 Å². The molecule has 7 aromatic rings. The predicted molar refractivity (Wildman–Crippen MR) is 218 cm³/mol. The third kappa shape index (κ3) is 4.02. The number of hydrogen-bond acceptors (Lipinski definition) is 4. The number of nitrogens with zero attached hydrogens (tertiary/aromatic N) is 2. The molecule has 0 N–H and O–H groups in total. The fourth-order valence-corrected chi connectivity index (χ4v) is 9.66. The minimum atomic E-state index is -0.155. The fraction of sp³-hybridized carbons (Fsp3) is 0.125. The van der Waals surface area contributed by atoms with Crippen LogP contribution < -0.4 is 35.7 Å². The predicted octanol–water partition coefficient (Wildman–Crippen LogP) is 10.6. The van der Waals surface area contributed by atoms with Crippen LogP contribution in [-0.4, -0.2) is 6.71 Å². The van der Waals surface area contributed by atoms with E-state index in [1.54, 1.807) is 0 Å². The average molecular weight is 685 g/mol. The first-order chi connectivity index (χ1) is 25.8. The molecule has 4 aliphatic heterocycles. The smallest absolute Gasteiger partial charge is 0.260 e. The lowest BCUT2D eigenvalue weighted by molar-refractivity contribution is 0.465. The van der Waals surface area contributed by atoms with Crippen LogP contribution in [0, 0.1) is 0 Å². The van der Waals surface area contributed by atoms with Gasteiger partial charge in [0.05, 0.1) is 34.1 Å². The molecule has 4 heterocycles. The van der Waals surface area contributed by atoms with E-state index < -0.39 is 0 Å². The highest BCUT2D eigenvalue weighted by atomic mass is 16.5. The molecule has 0 aromatic heterocycles. The van der Waals surface area contributed by atoms with Crippen molar-refractivity contribution in [3.8, 4) is 23.0 Å². The molecule has 0 saturated heterocycles. The molecule has 0 amide bonds. The summed E-state index contributed by atoms with van der Waals surface area (Å²) in [5, 5.41) is 0. The normalized spacial score (nSPS) is 16.0. The van der Waals surface area contributed by atoms with Gasteiger partial charge in [-0.2, -0.15) is 0 Å². The third-order valence-electron chi connectivity index (χ3n) is 12.2. The summed E-state index contributed by atoms with van der Waals surface area (Å²) in [4.78, 5) is 4.81. The molecule has 254 valence electrons. The van der Waals surface area contributed by atoms with Crippen LogP contribution in [0.5, 0.6) is 23.0 Å². The topological polar surface area (TPSA) is 24.9 Å². The molecule has 4 nitrogen and oxygen atoms in total. The lowest BCUT2D eigenvalue weighted by atomic mass is 9.34. The van der Waals surface area contributed by atoms with E-state index in [9.17, 15) is 0 Å². The molecule has 5 heteroatoms. The SMILES string of the molecule is CC1(C)c2ccccc2N(c2cccc3c2Oc2cccc4c2B3c2cccc(N3c5ccccc5C(C)(C)c5ccccc53)c2O4)c2ccccc21. The van der Waals surface area contributed by atoms with Crippen molar-refractivity contribution in [1.29, 1.82) is 0 Å². The minimum absolute atomic E-state index is 0.0907. The minimum Gasteiger partial charge on any atom is -0.456 e. The molecule has 0 atom stereocenters. The van der Waals surface area contributed by atoms with Gasteiger partial charge in [-0.25, -0.2) is 0 Å². The van der Waals surface area contributed by atoms with Crippen LogP contribution in [0.3, 0.4) is 0 Å². The van der Waals surface area contributed by atoms with Crippen LogP contribution in [0.4, 0.5) is 34.1 Å². The van der Waals surface area contributed by atoms with Gasteiger partial charge in [0.15, 0.2) is 0 Å². The largest absolute Gasteiger partial charge is 0.456 e. The number of anilines is 6. The maximum atomic E-state index is 7.04. The number of fused-ring (bicyclic) bond motifs is 8. The van der Waals surface area contributed by atoms with Crippen molar-refractivity contribution < 1.29 is 9.47 Å². The first-order valence-electron chi connectivity index (χ1n) is 18.6. The van der Waals surface area contributed by atoms with Crippen LogP contribution in [0.1, 0.15) is 49.9 Å². The van der Waals surface area contributed by atoms with Crippen molar-refractivity contribution in [2.24, 2.45) is 0 Å². The molecular formula is C48H37BN2O2. The standard InChI is InChI=1S/C48H37BN2O2/c1-47(2)30-16-5-9-22-36(30)50(37-23-10-6-17-31(37)47)40-26-13-20-34-45(40)52-42-28-15-29-43-44(42)49(34)35-21-14-27-41(46(35)53-43)51-38-24-11-7-18-32(38)48(3,4)33-19-8-12-25-39(33)51/h5-29H,1-4H3. The van der Waals surface area contributed by atoms with Crippen LogP contribution in [0.25, 0.3) is 0 Å². The van der Waals surface area contributed by atoms with E-state index in [2.05, 4.69) is 189 Å². The summed E-state index contributed by atoms with van der Waals surface area (Å²) in [6, 6.07) is 54.7. The molecule has 0 unspecified atom stereocenters. The van der Waals surface area contributed by atoms with Gasteiger partial charge < -0.3 is 19.3 Å². The highest BCUT2D eigenvalue weighted by Gasteiger charge is 2.45. The Hall–Kier alpha value is -6.20. The highest BCUT2D eigenvalue weighted by molar-refractivity contribution is 6.98. The van der Waals surface area contributed by atoms with Crippen molar-refractivity contribution in [2.75, 3.05) is 9.80 Å². The Kier molecular flexibility index (Phi) is 6.13. The average Bonchev–Trinajstić information content (AvgIpc) is 3.18. The van der Waals surface area contributed by atoms with Crippen molar-refractivity contribution in [2.45, 2.75) is 38.5 Å². The molecule has 0 fully saturated rings. The Bertz CT molecular complexity index is 2400. The number of ether oxygens (including phenoxy) is 2. The van der Waals surface area contributed by atoms with Gasteiger partial charge >= 0.3 is 0 Å². The number of para-hydroxylation sites is 6. The van der Waals surface area contributed by atoms with Gasteiger partial charge in [-0.1, -0.05) is 131 Å². The molecule has 53 heavy (non-hydrogen) atoms. The van der Waals surface area contributed by atoms with Crippen molar-refractivity contribution in [3.05, 3.63) is 174 Å². The Morgan fingerprint density at radius 2 is 0.698 bits per heavy atom. The fourth-order valence-electron chi connectivity index (χ4n) is 9.66. The summed E-state index contributed by atoms with van der Waals surface area (Å²) in [6.45, 7) is 9.22. The molecule has 0 aliphatic carbocycles. The second-order valence-corrected chi connectivity index (χ2v) is 15.7. The Labute approximate surface area is 311 Å². The summed E-state index contributed by atoms with van der Waals surface area (Å²) in [5.74, 6) is 3.41. The van der Waals surface area contributed by atoms with E-state index in [1.165, 1.54) is 45.0 Å². The van der Waals surface area contributed by atoms with Crippen LogP contribution in [-0.2, 0) is 10.8 Å². The first-order valence-corrected chi connectivity index (χ1v) is 18.6. The number of rotatable bonds is 2. The van der Waals surface area contributed by atoms with Crippen molar-refractivity contribution in [1.82, 2.24) is 0 Å². The lowest BCUT2D eigenvalue weighted by Crippen LogP contribution is -2.57. The van der Waals surface area contributed by atoms with Crippen molar-refractivity contribution in [3.63, 3.8) is 0 Å². The van der Waals surface area contributed by atoms with Crippen LogP contribution in [0.2, 0.25) is 0 Å². The van der Waals surface area contributed by atoms with Gasteiger partial charge in [-0.15, -0.1) is 0 Å². The Morgan fingerprint density at radius 3 is 1.08 bits per heavy atom. The van der Waals surface area contributed by atoms with Gasteiger partial charge in [0.2, 0.25) is 0 Å². The molecule has 4 aliphatic rings. The van der Waals surface area contributed by atoms with E-state index in [0.29, 0.717) is 0 Å². The third-order valence-corrected chi connectivity index (χ3v) is 12.2. The van der Waals surface area contributed by atoms with Gasteiger partial charge in [-0.05, 0) is 81.7 Å². The lowest BCUT2D eigenvalue weighted by Gasteiger charge is -2.44. The van der Waals surface area contributed by atoms with Gasteiger partial charge in [0.25, 0.3) is 6.71 Å². The van der Waals surface area contributed by atoms with E-state index >= 15 is 0 Å². The maximum absolute atomic E-state index is 7.04. The second-order valence-electron chi connectivity index (χ2n) is 15.7. The quantitative estimate of drug-likeness (QED) is 0.169. The first kappa shape index (κ1) is 30.4. The molecule has 0 radical (unpaired) electrons. The zero-order valence-electron chi connectivity index (χ0n) is 30.2. The van der Waals surface area contributed by atoms with Crippen LogP contribution >= 0.6 is 0 Å². The van der Waals surface area contributed by atoms with Crippen molar-refractivity contribution >= 4 is 57.2 Å². The summed E-state index contributed by atoms with van der Waals surface area (Å²) in [7, 11) is 0. The zero-order chi connectivity index (χ0) is 35.6. The Balaban J connectivity index is 1.14. The monoisotopic (exact) mass is 684 g/mol. The number of hydrogen-bond donors (Lipinski definition) is 0. The molecular weight excluding hydrogens is 647 g/mol. The summed E-state index contributed by atoms with van der Waals surface area (Å²) >= 11 is 0. The maximum Gasteiger partial charge on any atom is 0.260 e. The molecule has 11 rings (SSSR count). The van der Waals surface area contributed by atoms with Gasteiger partial charge in [0.1, 0.15) is 23.0 Å². The zero-order valence-corrected chi connectivity index (χ0v) is 30.2. The highest BCUT2D eigenvalue weighted by Crippen LogP contribution is 2.56. The van der Waals surface area contributed by atoms with E-state index in [4.69, 9.17) is 9.47 Å². The number of benzene rings is 7. The molecule has 7 aromatic carbocycles. The summed E-state index contributed by atoms with van der Waals surface area (Å²) in [5.41, 5.74) is 14.9. The second kappa shape index (κ2) is 10.7. The van der Waals surface area contributed by atoms with Gasteiger partial charge in [0, 0.05) is 16.3 Å².